The van der Waals surface area contributed by atoms with Crippen LogP contribution in [0, 0.1) is 5.92 Å². The minimum absolute atomic E-state index is 0.0859. The zero-order chi connectivity index (χ0) is 13.6. The number of hydrogen-bond acceptors (Lipinski definition) is 3. The number of aliphatic carboxylic acids is 1. The minimum Gasteiger partial charge on any atom is -0.481 e. The van der Waals surface area contributed by atoms with Gasteiger partial charge in [0.25, 0.3) is 0 Å². The highest BCUT2D eigenvalue weighted by molar-refractivity contribution is 5.71. The molecule has 5 heteroatoms. The van der Waals surface area contributed by atoms with Crippen LogP contribution in [-0.2, 0) is 9.53 Å². The van der Waals surface area contributed by atoms with Crippen LogP contribution in [0.1, 0.15) is 47.5 Å². The maximum absolute atomic E-state index is 11.5. The van der Waals surface area contributed by atoms with E-state index in [2.05, 4.69) is 5.32 Å². The van der Waals surface area contributed by atoms with Crippen molar-refractivity contribution in [3.63, 3.8) is 0 Å². The lowest BCUT2D eigenvalue weighted by molar-refractivity contribution is -0.137. The lowest BCUT2D eigenvalue weighted by atomic mass is 10.0. The summed E-state index contributed by atoms with van der Waals surface area (Å²) >= 11 is 0. The molecule has 17 heavy (non-hydrogen) atoms. The smallest absolute Gasteiger partial charge is 0.407 e. The Kier molecular flexibility index (Phi) is 5.99. The average Bonchev–Trinajstić information content (AvgIpc) is 1.95. The Balaban J connectivity index is 4.32. The first-order valence-electron chi connectivity index (χ1n) is 5.81. The number of carbonyl (C=O) groups excluding carboxylic acids is 1. The summed E-state index contributed by atoms with van der Waals surface area (Å²) in [5.41, 5.74) is -0.574. The highest BCUT2D eigenvalue weighted by atomic mass is 16.6. The Morgan fingerprint density at radius 2 is 1.82 bits per heavy atom. The Bertz CT molecular complexity index is 268. The molecule has 0 heterocycles. The van der Waals surface area contributed by atoms with E-state index in [0.29, 0.717) is 12.3 Å². The fourth-order valence-corrected chi connectivity index (χ4v) is 1.45. The molecule has 0 spiro atoms. The Morgan fingerprint density at radius 3 is 2.18 bits per heavy atom. The number of ether oxygens (including phenoxy) is 1. The Labute approximate surface area is 103 Å². The standard InChI is InChI=1S/C12H23NO4/c1-8(2)6-9(7-10(14)15)13-11(16)17-12(3,4)5/h8-9H,6-7H2,1-5H3,(H,13,16)(H,14,15)/t9-/m1/s1. The fourth-order valence-electron chi connectivity index (χ4n) is 1.45. The van der Waals surface area contributed by atoms with Gasteiger partial charge in [0.1, 0.15) is 5.60 Å². The van der Waals surface area contributed by atoms with Crippen molar-refractivity contribution in [3.8, 4) is 0 Å². The molecule has 1 atom stereocenters. The number of carbonyl (C=O) groups is 2. The van der Waals surface area contributed by atoms with Crippen LogP contribution in [0.25, 0.3) is 0 Å². The second-order valence-corrected chi connectivity index (χ2v) is 5.57. The zero-order valence-corrected chi connectivity index (χ0v) is 11.2. The first-order valence-corrected chi connectivity index (χ1v) is 5.81. The molecule has 5 nitrogen and oxygen atoms in total. The summed E-state index contributed by atoms with van der Waals surface area (Å²) in [5, 5.41) is 11.3. The first kappa shape index (κ1) is 15.7. The number of alkyl carbamates (subject to hydrolysis) is 1. The SMILES string of the molecule is CC(C)C[C@H](CC(=O)O)NC(=O)OC(C)(C)C. The predicted molar refractivity (Wildman–Crippen MR) is 64.9 cm³/mol. The quantitative estimate of drug-likeness (QED) is 0.779. The molecule has 100 valence electrons. The maximum atomic E-state index is 11.5. The summed E-state index contributed by atoms with van der Waals surface area (Å²) in [7, 11) is 0. The van der Waals surface area contributed by atoms with Gasteiger partial charge in [0, 0.05) is 6.04 Å². The summed E-state index contributed by atoms with van der Waals surface area (Å²) in [6.07, 6.45) is -0.0347. The second kappa shape index (κ2) is 6.47. The van der Waals surface area contributed by atoms with Gasteiger partial charge in [-0.3, -0.25) is 4.79 Å². The van der Waals surface area contributed by atoms with Crippen LogP contribution < -0.4 is 5.32 Å². The van der Waals surface area contributed by atoms with Gasteiger partial charge in [-0.25, -0.2) is 4.79 Å². The lowest BCUT2D eigenvalue weighted by Gasteiger charge is -2.23. The monoisotopic (exact) mass is 245 g/mol. The Hall–Kier alpha value is -1.26. The van der Waals surface area contributed by atoms with E-state index in [9.17, 15) is 9.59 Å². The van der Waals surface area contributed by atoms with Crippen molar-refractivity contribution in [3.05, 3.63) is 0 Å². The van der Waals surface area contributed by atoms with Gasteiger partial charge in [-0.1, -0.05) is 13.8 Å². The van der Waals surface area contributed by atoms with Crippen molar-refractivity contribution >= 4 is 12.1 Å². The number of nitrogens with one attached hydrogen (secondary N) is 1. The summed E-state index contributed by atoms with van der Waals surface area (Å²) in [5.74, 6) is -0.610. The van der Waals surface area contributed by atoms with Gasteiger partial charge < -0.3 is 15.2 Å². The van der Waals surface area contributed by atoms with Crippen LogP contribution in [0.5, 0.6) is 0 Å². The molecule has 0 rings (SSSR count). The number of rotatable bonds is 5. The van der Waals surface area contributed by atoms with E-state index in [1.54, 1.807) is 20.8 Å². The van der Waals surface area contributed by atoms with Crippen LogP contribution in [-0.4, -0.2) is 28.8 Å². The molecule has 0 aliphatic rings. The van der Waals surface area contributed by atoms with Crippen LogP contribution in [0.2, 0.25) is 0 Å². The molecule has 0 aromatic carbocycles. The van der Waals surface area contributed by atoms with E-state index < -0.39 is 17.7 Å². The second-order valence-electron chi connectivity index (χ2n) is 5.57. The van der Waals surface area contributed by atoms with E-state index in [-0.39, 0.29) is 12.5 Å². The average molecular weight is 245 g/mol. The predicted octanol–water partition coefficient (Wildman–Crippen LogP) is 2.40. The lowest BCUT2D eigenvalue weighted by Crippen LogP contribution is -2.40. The van der Waals surface area contributed by atoms with Crippen LogP contribution in [0.4, 0.5) is 4.79 Å². The molecule has 0 unspecified atom stereocenters. The molecule has 0 fully saturated rings. The molecule has 2 N–H and O–H groups in total. The van der Waals surface area contributed by atoms with E-state index in [0.717, 1.165) is 0 Å². The summed E-state index contributed by atoms with van der Waals surface area (Å²) in [6.45, 7) is 9.25. The minimum atomic E-state index is -0.924. The third kappa shape index (κ3) is 9.66. The van der Waals surface area contributed by atoms with Crippen molar-refractivity contribution in [1.29, 1.82) is 0 Å². The van der Waals surface area contributed by atoms with Crippen molar-refractivity contribution < 1.29 is 19.4 Å². The zero-order valence-electron chi connectivity index (χ0n) is 11.2. The van der Waals surface area contributed by atoms with Gasteiger partial charge in [-0.2, -0.15) is 0 Å². The third-order valence-electron chi connectivity index (χ3n) is 1.90. The Morgan fingerprint density at radius 1 is 1.29 bits per heavy atom. The van der Waals surface area contributed by atoms with E-state index in [1.807, 2.05) is 13.8 Å². The van der Waals surface area contributed by atoms with Gasteiger partial charge in [0.2, 0.25) is 0 Å². The maximum Gasteiger partial charge on any atom is 0.407 e. The largest absolute Gasteiger partial charge is 0.481 e. The molecule has 0 saturated carbocycles. The number of hydrogen-bond donors (Lipinski definition) is 2. The van der Waals surface area contributed by atoms with Crippen LogP contribution in [0.3, 0.4) is 0 Å². The topological polar surface area (TPSA) is 75.6 Å². The van der Waals surface area contributed by atoms with Gasteiger partial charge >= 0.3 is 12.1 Å². The highest BCUT2D eigenvalue weighted by Gasteiger charge is 2.21. The van der Waals surface area contributed by atoms with Crippen LogP contribution >= 0.6 is 0 Å². The molecule has 0 aliphatic carbocycles. The molecule has 0 aromatic heterocycles. The first-order chi connectivity index (χ1) is 7.60. The molecule has 0 aromatic rings. The number of carboxylic acid groups (broad SMARTS) is 1. The summed E-state index contributed by atoms with van der Waals surface area (Å²) in [6, 6.07) is -0.387. The molecular formula is C12H23NO4. The van der Waals surface area contributed by atoms with Crippen molar-refractivity contribution in [2.75, 3.05) is 0 Å². The van der Waals surface area contributed by atoms with Gasteiger partial charge in [-0.05, 0) is 33.1 Å². The van der Waals surface area contributed by atoms with Crippen molar-refractivity contribution in [2.45, 2.75) is 59.1 Å². The summed E-state index contributed by atoms with van der Waals surface area (Å²) < 4.78 is 5.09. The molecule has 1 amide bonds. The normalized spacial score (nSPS) is 13.3. The molecule has 0 saturated heterocycles. The van der Waals surface area contributed by atoms with Crippen LogP contribution in [0.15, 0.2) is 0 Å². The van der Waals surface area contributed by atoms with E-state index >= 15 is 0 Å². The van der Waals surface area contributed by atoms with Gasteiger partial charge in [-0.15, -0.1) is 0 Å². The van der Waals surface area contributed by atoms with Gasteiger partial charge in [0.15, 0.2) is 0 Å². The molecule has 0 bridgehead atoms. The fraction of sp³-hybridized carbons (Fsp3) is 0.833. The van der Waals surface area contributed by atoms with Crippen molar-refractivity contribution in [2.24, 2.45) is 5.92 Å². The highest BCUT2D eigenvalue weighted by Crippen LogP contribution is 2.11. The molecular weight excluding hydrogens is 222 g/mol. The van der Waals surface area contributed by atoms with E-state index in [4.69, 9.17) is 9.84 Å². The summed E-state index contributed by atoms with van der Waals surface area (Å²) in [4.78, 5) is 22.2. The molecule has 0 aliphatic heterocycles. The number of carboxylic acids is 1. The molecule has 0 radical (unpaired) electrons. The third-order valence-corrected chi connectivity index (χ3v) is 1.90. The van der Waals surface area contributed by atoms with Crippen molar-refractivity contribution in [1.82, 2.24) is 5.32 Å². The van der Waals surface area contributed by atoms with E-state index in [1.165, 1.54) is 0 Å². The van der Waals surface area contributed by atoms with Gasteiger partial charge in [0.05, 0.1) is 6.42 Å². The number of amides is 1.